The van der Waals surface area contributed by atoms with Crippen molar-refractivity contribution in [2.24, 2.45) is 0 Å². The lowest BCUT2D eigenvalue weighted by atomic mass is 10.1. The first-order valence-electron chi connectivity index (χ1n) is 6.54. The smallest absolute Gasteiger partial charge is 0.0914 e. The highest BCUT2D eigenvalue weighted by molar-refractivity contribution is 5.85. The van der Waals surface area contributed by atoms with Crippen LogP contribution in [0.15, 0.2) is 54.6 Å². The van der Waals surface area contributed by atoms with Gasteiger partial charge in [-0.05, 0) is 36.2 Å². The Morgan fingerprint density at radius 3 is 2.50 bits per heavy atom. The molecule has 0 radical (unpaired) electrons. The van der Waals surface area contributed by atoms with Crippen molar-refractivity contribution in [3.8, 4) is 0 Å². The predicted octanol–water partition coefficient (Wildman–Crippen LogP) is 2.56. The van der Waals surface area contributed by atoms with Gasteiger partial charge in [0.05, 0.1) is 6.10 Å². The largest absolute Gasteiger partial charge is 0.399 e. The lowest BCUT2D eigenvalue weighted by Gasteiger charge is -2.12. The molecule has 0 unspecified atom stereocenters. The van der Waals surface area contributed by atoms with Crippen LogP contribution in [0.2, 0.25) is 0 Å². The Morgan fingerprint density at radius 1 is 1.05 bits per heavy atom. The Balaban J connectivity index is 0.00000200. The molecule has 3 nitrogen and oxygen atoms in total. The number of nitrogens with one attached hydrogen (secondary N) is 1. The van der Waals surface area contributed by atoms with E-state index in [9.17, 15) is 5.11 Å². The lowest BCUT2D eigenvalue weighted by molar-refractivity contribution is 0.175. The van der Waals surface area contributed by atoms with Gasteiger partial charge in [0.1, 0.15) is 0 Å². The fourth-order valence-corrected chi connectivity index (χ4v) is 2.01. The number of hydrogen-bond donors (Lipinski definition) is 3. The molecule has 0 aromatic heterocycles. The molecule has 0 saturated carbocycles. The van der Waals surface area contributed by atoms with Gasteiger partial charge >= 0.3 is 0 Å². The summed E-state index contributed by atoms with van der Waals surface area (Å²) in [4.78, 5) is 0. The number of rotatable bonds is 6. The molecule has 2 rings (SSSR count). The molecule has 0 aliphatic heterocycles. The molecule has 108 valence electrons. The Bertz CT molecular complexity index is 505. The maximum absolute atomic E-state index is 9.98. The highest BCUT2D eigenvalue weighted by Crippen LogP contribution is 2.10. The number of benzene rings is 2. The van der Waals surface area contributed by atoms with Crippen LogP contribution in [0.5, 0.6) is 0 Å². The summed E-state index contributed by atoms with van der Waals surface area (Å²) in [6.45, 7) is 1.39. The number of aliphatic hydroxyl groups is 1. The van der Waals surface area contributed by atoms with Gasteiger partial charge in [-0.2, -0.15) is 0 Å². The molecule has 0 heterocycles. The van der Waals surface area contributed by atoms with Crippen LogP contribution in [-0.2, 0) is 6.42 Å². The molecule has 20 heavy (non-hydrogen) atoms. The first-order valence-corrected chi connectivity index (χ1v) is 6.54. The van der Waals surface area contributed by atoms with Crippen molar-refractivity contribution in [1.29, 1.82) is 0 Å². The van der Waals surface area contributed by atoms with E-state index in [0.29, 0.717) is 6.54 Å². The first-order chi connectivity index (χ1) is 9.25. The number of hydrogen-bond acceptors (Lipinski definition) is 3. The lowest BCUT2D eigenvalue weighted by Crippen LogP contribution is -2.23. The van der Waals surface area contributed by atoms with Crippen LogP contribution in [0.4, 0.5) is 5.69 Å². The molecule has 0 aliphatic rings. The summed E-state index contributed by atoms with van der Waals surface area (Å²) in [7, 11) is 0. The second kappa shape index (κ2) is 8.59. The van der Waals surface area contributed by atoms with Crippen molar-refractivity contribution in [1.82, 2.24) is 5.32 Å². The van der Waals surface area contributed by atoms with Gasteiger partial charge in [-0.3, -0.25) is 0 Å². The van der Waals surface area contributed by atoms with Crippen LogP contribution in [0.25, 0.3) is 0 Å². The van der Waals surface area contributed by atoms with Gasteiger partial charge in [-0.25, -0.2) is 0 Å². The van der Waals surface area contributed by atoms with E-state index in [-0.39, 0.29) is 12.4 Å². The van der Waals surface area contributed by atoms with E-state index in [1.807, 2.05) is 48.5 Å². The molecule has 1 atom stereocenters. The van der Waals surface area contributed by atoms with Gasteiger partial charge in [-0.1, -0.05) is 42.5 Å². The third kappa shape index (κ3) is 5.21. The fourth-order valence-electron chi connectivity index (χ4n) is 2.01. The van der Waals surface area contributed by atoms with Gasteiger partial charge < -0.3 is 16.2 Å². The van der Waals surface area contributed by atoms with E-state index in [1.54, 1.807) is 0 Å². The monoisotopic (exact) mass is 292 g/mol. The van der Waals surface area contributed by atoms with Crippen LogP contribution in [0.1, 0.15) is 17.2 Å². The maximum atomic E-state index is 9.98. The average Bonchev–Trinajstić information content (AvgIpc) is 2.44. The summed E-state index contributed by atoms with van der Waals surface area (Å²) in [6, 6.07) is 17.6. The minimum atomic E-state index is -0.456. The molecule has 4 N–H and O–H groups in total. The quantitative estimate of drug-likeness (QED) is 0.566. The molecular formula is C16H21ClN2O. The average molecular weight is 293 g/mol. The highest BCUT2D eigenvalue weighted by Gasteiger charge is 2.05. The summed E-state index contributed by atoms with van der Waals surface area (Å²) in [5, 5.41) is 13.2. The van der Waals surface area contributed by atoms with E-state index in [2.05, 4.69) is 11.4 Å². The summed E-state index contributed by atoms with van der Waals surface area (Å²) in [5.41, 5.74) is 8.67. The molecule has 0 amide bonds. The minimum absolute atomic E-state index is 0. The third-order valence-corrected chi connectivity index (χ3v) is 3.06. The zero-order valence-electron chi connectivity index (χ0n) is 11.3. The summed E-state index contributed by atoms with van der Waals surface area (Å²) >= 11 is 0. The molecule has 0 aliphatic carbocycles. The van der Waals surface area contributed by atoms with Crippen molar-refractivity contribution in [3.05, 3.63) is 65.7 Å². The third-order valence-electron chi connectivity index (χ3n) is 3.06. The zero-order valence-corrected chi connectivity index (χ0v) is 12.1. The van der Waals surface area contributed by atoms with E-state index in [0.717, 1.165) is 24.2 Å². The van der Waals surface area contributed by atoms with Crippen molar-refractivity contribution in [2.45, 2.75) is 12.5 Å². The Hall–Kier alpha value is -1.55. The van der Waals surface area contributed by atoms with Crippen molar-refractivity contribution < 1.29 is 5.11 Å². The molecular weight excluding hydrogens is 272 g/mol. The van der Waals surface area contributed by atoms with Crippen LogP contribution in [0.3, 0.4) is 0 Å². The maximum Gasteiger partial charge on any atom is 0.0914 e. The van der Waals surface area contributed by atoms with Gasteiger partial charge in [0.2, 0.25) is 0 Å². The van der Waals surface area contributed by atoms with Crippen molar-refractivity contribution in [2.75, 3.05) is 18.8 Å². The van der Waals surface area contributed by atoms with Gasteiger partial charge in [0, 0.05) is 12.2 Å². The number of aliphatic hydroxyl groups excluding tert-OH is 1. The van der Waals surface area contributed by atoms with Crippen LogP contribution >= 0.6 is 12.4 Å². The first kappa shape index (κ1) is 16.5. The molecule has 4 heteroatoms. The number of nitrogens with two attached hydrogens (primary N) is 1. The molecule has 2 aromatic carbocycles. The Kier molecular flexibility index (Phi) is 7.09. The van der Waals surface area contributed by atoms with Crippen LogP contribution in [0, 0.1) is 0 Å². The normalized spacial score (nSPS) is 11.7. The van der Waals surface area contributed by atoms with Crippen LogP contribution in [-0.4, -0.2) is 18.2 Å². The highest BCUT2D eigenvalue weighted by atomic mass is 35.5. The Labute approximate surface area is 126 Å². The zero-order chi connectivity index (χ0) is 13.5. The van der Waals surface area contributed by atoms with Gasteiger partial charge in [0.25, 0.3) is 0 Å². The van der Waals surface area contributed by atoms with Gasteiger partial charge in [0.15, 0.2) is 0 Å². The standard InChI is InChI=1S/C16H20N2O.ClH/c17-15-8-4-5-13(11-15)9-10-18-12-16(19)14-6-2-1-3-7-14;/h1-8,11,16,18-19H,9-10,12,17H2;1H/t16-;/m0./s1. The van der Waals surface area contributed by atoms with E-state index in [1.165, 1.54) is 5.56 Å². The predicted molar refractivity (Wildman–Crippen MR) is 86.1 cm³/mol. The molecule has 0 bridgehead atoms. The molecule has 0 fully saturated rings. The Morgan fingerprint density at radius 2 is 1.80 bits per heavy atom. The summed E-state index contributed by atoms with van der Waals surface area (Å²) in [6.07, 6.45) is 0.453. The summed E-state index contributed by atoms with van der Waals surface area (Å²) in [5.74, 6) is 0. The minimum Gasteiger partial charge on any atom is -0.399 e. The summed E-state index contributed by atoms with van der Waals surface area (Å²) < 4.78 is 0. The molecule has 2 aromatic rings. The van der Waals surface area contributed by atoms with E-state index < -0.39 is 6.10 Å². The fraction of sp³-hybridized carbons (Fsp3) is 0.250. The van der Waals surface area contributed by atoms with Crippen LogP contribution < -0.4 is 11.1 Å². The van der Waals surface area contributed by atoms with Crippen molar-refractivity contribution >= 4 is 18.1 Å². The second-order valence-electron chi connectivity index (χ2n) is 4.63. The van der Waals surface area contributed by atoms with Crippen molar-refractivity contribution in [3.63, 3.8) is 0 Å². The topological polar surface area (TPSA) is 58.3 Å². The number of anilines is 1. The van der Waals surface area contributed by atoms with E-state index >= 15 is 0 Å². The SMILES string of the molecule is Cl.Nc1cccc(CCNC[C@H](O)c2ccccc2)c1. The second-order valence-corrected chi connectivity index (χ2v) is 4.63. The number of nitrogen functional groups attached to an aromatic ring is 1. The molecule has 0 saturated heterocycles. The molecule has 0 spiro atoms. The van der Waals surface area contributed by atoms with E-state index in [4.69, 9.17) is 5.73 Å². The van der Waals surface area contributed by atoms with Gasteiger partial charge in [-0.15, -0.1) is 12.4 Å². The number of halogens is 1.